The molecule has 1 aromatic heterocycles. The number of rotatable bonds is 3. The number of nitriles is 1. The molecule has 6 nitrogen and oxygen atoms in total. The standard InChI is InChI=1S/C19H16N4O2/c1-12-16(11-20)19(14-6-5-7-15(10-14)23(24)25)18(13(2)22-12)17-8-3-4-9-21-17/h3-10,16,19H,1-2H3. The van der Waals surface area contributed by atoms with Gasteiger partial charge in [-0.15, -0.1) is 0 Å². The third kappa shape index (κ3) is 3.04. The van der Waals surface area contributed by atoms with Crippen molar-refractivity contribution in [2.45, 2.75) is 19.8 Å². The van der Waals surface area contributed by atoms with Crippen LogP contribution in [0.5, 0.6) is 0 Å². The predicted molar refractivity (Wildman–Crippen MR) is 94.9 cm³/mol. The average Bonchev–Trinajstić information content (AvgIpc) is 2.62. The zero-order valence-corrected chi connectivity index (χ0v) is 13.9. The Morgan fingerprint density at radius 1 is 1.20 bits per heavy atom. The fraction of sp³-hybridized carbons (Fsp3) is 0.211. The van der Waals surface area contributed by atoms with Crippen molar-refractivity contribution in [3.63, 3.8) is 0 Å². The highest BCUT2D eigenvalue weighted by Crippen LogP contribution is 2.43. The number of hydrogen-bond acceptors (Lipinski definition) is 5. The van der Waals surface area contributed by atoms with Crippen molar-refractivity contribution in [3.05, 3.63) is 75.7 Å². The molecular formula is C19H16N4O2. The van der Waals surface area contributed by atoms with Gasteiger partial charge in [0.2, 0.25) is 0 Å². The zero-order chi connectivity index (χ0) is 18.0. The van der Waals surface area contributed by atoms with Crippen molar-refractivity contribution in [2.75, 3.05) is 0 Å². The summed E-state index contributed by atoms with van der Waals surface area (Å²) in [5.74, 6) is -0.847. The van der Waals surface area contributed by atoms with E-state index in [4.69, 9.17) is 0 Å². The lowest BCUT2D eigenvalue weighted by molar-refractivity contribution is -0.384. The lowest BCUT2D eigenvalue weighted by Gasteiger charge is -2.29. The molecule has 0 fully saturated rings. The lowest BCUT2D eigenvalue weighted by atomic mass is 9.75. The first kappa shape index (κ1) is 16.5. The second-order valence-corrected chi connectivity index (χ2v) is 5.90. The second kappa shape index (κ2) is 6.65. The Hall–Kier alpha value is -3.33. The van der Waals surface area contributed by atoms with E-state index in [1.165, 1.54) is 12.1 Å². The number of benzene rings is 1. The zero-order valence-electron chi connectivity index (χ0n) is 13.9. The van der Waals surface area contributed by atoms with Gasteiger partial charge in [0.1, 0.15) is 0 Å². The van der Waals surface area contributed by atoms with Crippen LogP contribution in [0.1, 0.15) is 31.0 Å². The van der Waals surface area contributed by atoms with Crippen LogP contribution in [0.4, 0.5) is 5.69 Å². The third-order valence-corrected chi connectivity index (χ3v) is 4.35. The molecule has 0 saturated heterocycles. The number of aliphatic imine (C=N–C) groups is 1. The number of hydrogen-bond donors (Lipinski definition) is 0. The molecule has 124 valence electrons. The summed E-state index contributed by atoms with van der Waals surface area (Å²) in [4.78, 5) is 19.7. The molecule has 0 spiro atoms. The number of pyridine rings is 1. The van der Waals surface area contributed by atoms with E-state index in [0.717, 1.165) is 22.5 Å². The monoisotopic (exact) mass is 332 g/mol. The van der Waals surface area contributed by atoms with Crippen molar-refractivity contribution in [3.8, 4) is 6.07 Å². The highest BCUT2D eigenvalue weighted by atomic mass is 16.6. The first-order valence-electron chi connectivity index (χ1n) is 7.84. The summed E-state index contributed by atoms with van der Waals surface area (Å²) in [7, 11) is 0. The molecule has 0 N–H and O–H groups in total. The summed E-state index contributed by atoms with van der Waals surface area (Å²) < 4.78 is 0. The summed E-state index contributed by atoms with van der Waals surface area (Å²) in [5, 5.41) is 20.9. The van der Waals surface area contributed by atoms with Gasteiger partial charge in [0.25, 0.3) is 5.69 Å². The number of non-ortho nitro benzene ring substituents is 1. The van der Waals surface area contributed by atoms with Gasteiger partial charge in [-0.2, -0.15) is 5.26 Å². The Morgan fingerprint density at radius 2 is 2.00 bits per heavy atom. The van der Waals surface area contributed by atoms with Crippen LogP contribution in [0.3, 0.4) is 0 Å². The van der Waals surface area contributed by atoms with Gasteiger partial charge in [-0.1, -0.05) is 18.2 Å². The van der Waals surface area contributed by atoms with Crippen molar-refractivity contribution < 1.29 is 4.92 Å². The lowest BCUT2D eigenvalue weighted by Crippen LogP contribution is -2.25. The third-order valence-electron chi connectivity index (χ3n) is 4.35. The van der Waals surface area contributed by atoms with Crippen LogP contribution in [-0.4, -0.2) is 15.6 Å². The molecule has 0 bridgehead atoms. The SMILES string of the molecule is CC1=NC(C)=C(c2ccccn2)C(c2cccc([N+](=O)[O-])c2)C1C#N. The molecule has 6 heteroatoms. The molecule has 2 aromatic rings. The molecule has 2 heterocycles. The topological polar surface area (TPSA) is 92.2 Å². The molecule has 0 amide bonds. The minimum atomic E-state index is -0.497. The highest BCUT2D eigenvalue weighted by Gasteiger charge is 2.35. The average molecular weight is 332 g/mol. The largest absolute Gasteiger partial charge is 0.269 e. The number of nitro benzene ring substituents is 1. The molecule has 0 aliphatic carbocycles. The molecular weight excluding hydrogens is 316 g/mol. The Morgan fingerprint density at radius 3 is 2.64 bits per heavy atom. The van der Waals surface area contributed by atoms with E-state index < -0.39 is 10.8 Å². The minimum absolute atomic E-state index is 0.00683. The minimum Gasteiger partial charge on any atom is -0.261 e. The summed E-state index contributed by atoms with van der Waals surface area (Å²) in [6.45, 7) is 3.70. The van der Waals surface area contributed by atoms with Crippen LogP contribution >= 0.6 is 0 Å². The fourth-order valence-corrected chi connectivity index (χ4v) is 3.25. The van der Waals surface area contributed by atoms with E-state index >= 15 is 0 Å². The number of allylic oxidation sites excluding steroid dienone is 2. The van der Waals surface area contributed by atoms with Gasteiger partial charge in [0, 0.05) is 41.2 Å². The maximum Gasteiger partial charge on any atom is 0.269 e. The number of nitro groups is 1. The van der Waals surface area contributed by atoms with Gasteiger partial charge in [-0.05, 0) is 31.5 Å². The first-order chi connectivity index (χ1) is 12.0. The van der Waals surface area contributed by atoms with Gasteiger partial charge >= 0.3 is 0 Å². The van der Waals surface area contributed by atoms with Gasteiger partial charge < -0.3 is 0 Å². The van der Waals surface area contributed by atoms with E-state index in [9.17, 15) is 15.4 Å². The quantitative estimate of drug-likeness (QED) is 0.624. The molecule has 1 aliphatic rings. The predicted octanol–water partition coefficient (Wildman–Crippen LogP) is 4.12. The van der Waals surface area contributed by atoms with Crippen LogP contribution in [0.15, 0.2) is 59.4 Å². The van der Waals surface area contributed by atoms with Crippen molar-refractivity contribution in [1.29, 1.82) is 5.26 Å². The van der Waals surface area contributed by atoms with E-state index in [0.29, 0.717) is 5.71 Å². The molecule has 2 unspecified atom stereocenters. The molecule has 0 radical (unpaired) electrons. The van der Waals surface area contributed by atoms with E-state index in [-0.39, 0.29) is 11.6 Å². The van der Waals surface area contributed by atoms with Gasteiger partial charge in [-0.3, -0.25) is 20.1 Å². The Bertz CT molecular complexity index is 926. The maximum atomic E-state index is 11.2. The maximum absolute atomic E-state index is 11.2. The van der Waals surface area contributed by atoms with E-state index in [2.05, 4.69) is 16.0 Å². The number of nitrogens with zero attached hydrogens (tertiary/aromatic N) is 4. The van der Waals surface area contributed by atoms with Crippen LogP contribution in [0, 0.1) is 27.4 Å². The fourth-order valence-electron chi connectivity index (χ4n) is 3.25. The van der Waals surface area contributed by atoms with Crippen LogP contribution in [0.25, 0.3) is 5.57 Å². The van der Waals surface area contributed by atoms with E-state index in [1.54, 1.807) is 12.3 Å². The van der Waals surface area contributed by atoms with Crippen molar-refractivity contribution in [2.24, 2.45) is 10.9 Å². The van der Waals surface area contributed by atoms with Crippen molar-refractivity contribution >= 4 is 17.0 Å². The summed E-state index contributed by atoms with van der Waals surface area (Å²) in [6.07, 6.45) is 1.69. The highest BCUT2D eigenvalue weighted by molar-refractivity contribution is 5.95. The summed E-state index contributed by atoms with van der Waals surface area (Å²) >= 11 is 0. The normalized spacial score (nSPS) is 20.0. The number of aromatic nitrogens is 1. The Labute approximate surface area is 145 Å². The second-order valence-electron chi connectivity index (χ2n) is 5.90. The Kier molecular flexibility index (Phi) is 4.40. The Balaban J connectivity index is 2.23. The smallest absolute Gasteiger partial charge is 0.261 e. The van der Waals surface area contributed by atoms with Crippen LogP contribution in [0.2, 0.25) is 0 Å². The van der Waals surface area contributed by atoms with E-state index in [1.807, 2.05) is 38.1 Å². The van der Waals surface area contributed by atoms with Gasteiger partial charge in [0.15, 0.2) is 0 Å². The summed E-state index contributed by atoms with van der Waals surface area (Å²) in [5.41, 5.74) is 3.77. The molecule has 1 aliphatic heterocycles. The molecule has 2 atom stereocenters. The van der Waals surface area contributed by atoms with Crippen LogP contribution in [-0.2, 0) is 0 Å². The molecule has 25 heavy (non-hydrogen) atoms. The summed E-state index contributed by atoms with van der Waals surface area (Å²) in [6, 6.07) is 14.3. The molecule has 1 aromatic carbocycles. The first-order valence-corrected chi connectivity index (χ1v) is 7.84. The molecule has 0 saturated carbocycles. The van der Waals surface area contributed by atoms with Gasteiger partial charge in [-0.25, -0.2) is 0 Å². The van der Waals surface area contributed by atoms with Crippen molar-refractivity contribution in [1.82, 2.24) is 4.98 Å². The van der Waals surface area contributed by atoms with Gasteiger partial charge in [0.05, 0.1) is 22.6 Å². The molecule has 3 rings (SSSR count). The van der Waals surface area contributed by atoms with Crippen LogP contribution < -0.4 is 0 Å².